The summed E-state index contributed by atoms with van der Waals surface area (Å²) < 4.78 is 0. The summed E-state index contributed by atoms with van der Waals surface area (Å²) >= 11 is 0. The van der Waals surface area contributed by atoms with Crippen LogP contribution in [0.5, 0.6) is 0 Å². The number of Topliss-reactive ketones (excluding diaryl/α,β-unsaturated/α-hetero) is 1. The number of H-pyrrole nitrogens is 1. The summed E-state index contributed by atoms with van der Waals surface area (Å²) in [6, 6.07) is 2.38. The first kappa shape index (κ1) is 7.55. The van der Waals surface area contributed by atoms with Crippen molar-refractivity contribution in [2.45, 2.75) is 19.4 Å². The molecule has 0 aliphatic carbocycles. The fourth-order valence-electron chi connectivity index (χ4n) is 1.59. The Kier molecular flexibility index (Phi) is 1.73. The van der Waals surface area contributed by atoms with E-state index in [0.717, 1.165) is 17.7 Å². The van der Waals surface area contributed by atoms with Crippen molar-refractivity contribution in [3.8, 4) is 0 Å². The normalized spacial score (nSPS) is 23.4. The van der Waals surface area contributed by atoms with E-state index in [1.807, 2.05) is 12.3 Å². The van der Waals surface area contributed by atoms with E-state index in [0.29, 0.717) is 12.6 Å². The summed E-state index contributed by atoms with van der Waals surface area (Å²) in [5.74, 6) is 0.166. The molecule has 1 atom stereocenters. The van der Waals surface area contributed by atoms with Crippen molar-refractivity contribution >= 4 is 5.78 Å². The molecule has 1 aliphatic rings. The summed E-state index contributed by atoms with van der Waals surface area (Å²) in [4.78, 5) is 14.4. The van der Waals surface area contributed by atoms with Gasteiger partial charge in [-0.1, -0.05) is 0 Å². The van der Waals surface area contributed by atoms with Crippen molar-refractivity contribution < 1.29 is 4.79 Å². The first-order valence-corrected chi connectivity index (χ1v) is 4.20. The number of fused-ring (bicyclic) bond motifs is 1. The van der Waals surface area contributed by atoms with Crippen LogP contribution in [-0.2, 0) is 6.42 Å². The van der Waals surface area contributed by atoms with Gasteiger partial charge >= 0.3 is 0 Å². The third-order valence-corrected chi connectivity index (χ3v) is 2.25. The average Bonchev–Trinajstić information content (AvgIpc) is 2.44. The van der Waals surface area contributed by atoms with Gasteiger partial charge in [0, 0.05) is 12.2 Å². The lowest BCUT2D eigenvalue weighted by molar-refractivity contribution is 0.0987. The molecular weight excluding hydrogens is 152 g/mol. The molecule has 3 nitrogen and oxygen atoms in total. The van der Waals surface area contributed by atoms with Crippen LogP contribution in [0, 0.1) is 0 Å². The highest BCUT2D eigenvalue weighted by molar-refractivity contribution is 5.97. The summed E-state index contributed by atoms with van der Waals surface area (Å²) in [5.41, 5.74) is 1.92. The number of hydrogen-bond donors (Lipinski definition) is 2. The molecule has 0 amide bonds. The maximum atomic E-state index is 11.4. The summed E-state index contributed by atoms with van der Waals surface area (Å²) in [6.45, 7) is 2.55. The molecule has 0 spiro atoms. The second-order valence-electron chi connectivity index (χ2n) is 3.29. The Hall–Kier alpha value is -1.09. The summed E-state index contributed by atoms with van der Waals surface area (Å²) in [6.07, 6.45) is 2.77. The summed E-state index contributed by atoms with van der Waals surface area (Å²) in [5, 5.41) is 3.16. The second-order valence-corrected chi connectivity index (χ2v) is 3.29. The van der Waals surface area contributed by atoms with Crippen LogP contribution in [0.3, 0.4) is 0 Å². The number of aromatic amines is 1. The van der Waals surface area contributed by atoms with Crippen molar-refractivity contribution in [2.75, 3.05) is 6.54 Å². The molecule has 0 saturated carbocycles. The van der Waals surface area contributed by atoms with Crippen LogP contribution in [0.1, 0.15) is 23.0 Å². The predicted molar refractivity (Wildman–Crippen MR) is 46.3 cm³/mol. The molecule has 0 fully saturated rings. The topological polar surface area (TPSA) is 44.9 Å². The average molecular weight is 164 g/mol. The highest BCUT2D eigenvalue weighted by Crippen LogP contribution is 2.12. The molecule has 2 N–H and O–H groups in total. The van der Waals surface area contributed by atoms with Crippen LogP contribution in [-0.4, -0.2) is 23.4 Å². The maximum absolute atomic E-state index is 11.4. The molecule has 2 rings (SSSR count). The number of rotatable bonds is 0. The van der Waals surface area contributed by atoms with Crippen molar-refractivity contribution in [1.29, 1.82) is 0 Å². The third kappa shape index (κ3) is 1.16. The fraction of sp³-hybridized carbons (Fsp3) is 0.444. The lowest BCUT2D eigenvalue weighted by atomic mass is 10.1. The minimum absolute atomic E-state index is 0.166. The van der Waals surface area contributed by atoms with E-state index in [-0.39, 0.29) is 5.78 Å². The molecule has 2 heterocycles. The zero-order valence-corrected chi connectivity index (χ0v) is 7.05. The van der Waals surface area contributed by atoms with Gasteiger partial charge in [-0.2, -0.15) is 0 Å². The van der Waals surface area contributed by atoms with Gasteiger partial charge in [-0.05, 0) is 25.0 Å². The Morgan fingerprint density at radius 3 is 3.25 bits per heavy atom. The Morgan fingerprint density at radius 2 is 2.42 bits per heavy atom. The molecule has 64 valence electrons. The van der Waals surface area contributed by atoms with E-state index in [9.17, 15) is 4.79 Å². The van der Waals surface area contributed by atoms with Crippen molar-refractivity contribution in [3.63, 3.8) is 0 Å². The quantitative estimate of drug-likeness (QED) is 0.593. The van der Waals surface area contributed by atoms with Gasteiger partial charge in [-0.3, -0.25) is 4.79 Å². The zero-order chi connectivity index (χ0) is 8.55. The second kappa shape index (κ2) is 2.75. The van der Waals surface area contributed by atoms with E-state index in [1.165, 1.54) is 0 Å². The fourth-order valence-corrected chi connectivity index (χ4v) is 1.59. The molecule has 1 unspecified atom stereocenters. The first-order valence-electron chi connectivity index (χ1n) is 4.20. The molecule has 0 radical (unpaired) electrons. The van der Waals surface area contributed by atoms with Gasteiger partial charge in [-0.15, -0.1) is 0 Å². The van der Waals surface area contributed by atoms with Crippen LogP contribution < -0.4 is 5.32 Å². The SMILES string of the molecule is CC1Cc2cc[nH]c2C(=O)CN1. The zero-order valence-electron chi connectivity index (χ0n) is 7.05. The predicted octanol–water partition coefficient (Wildman–Crippen LogP) is 0.732. The molecule has 1 aliphatic heterocycles. The summed E-state index contributed by atoms with van der Waals surface area (Å²) in [7, 11) is 0. The number of carbonyl (C=O) groups is 1. The van der Waals surface area contributed by atoms with Crippen LogP contribution in [0.15, 0.2) is 12.3 Å². The van der Waals surface area contributed by atoms with Crippen molar-refractivity contribution in [2.24, 2.45) is 0 Å². The minimum atomic E-state index is 0.166. The molecular formula is C9H12N2O. The highest BCUT2D eigenvalue weighted by Gasteiger charge is 2.18. The molecule has 12 heavy (non-hydrogen) atoms. The van der Waals surface area contributed by atoms with Gasteiger partial charge in [0.25, 0.3) is 0 Å². The van der Waals surface area contributed by atoms with Crippen LogP contribution in [0.4, 0.5) is 0 Å². The Labute approximate surface area is 71.2 Å². The molecule has 0 aromatic carbocycles. The van der Waals surface area contributed by atoms with Gasteiger partial charge in [0.1, 0.15) is 0 Å². The molecule has 0 saturated heterocycles. The van der Waals surface area contributed by atoms with Crippen molar-refractivity contribution in [1.82, 2.24) is 10.3 Å². The number of hydrogen-bond acceptors (Lipinski definition) is 2. The van der Waals surface area contributed by atoms with E-state index in [1.54, 1.807) is 0 Å². The molecule has 1 aromatic heterocycles. The highest BCUT2D eigenvalue weighted by atomic mass is 16.1. The Bertz CT molecular complexity index is 303. The molecule has 1 aromatic rings. The van der Waals surface area contributed by atoms with E-state index >= 15 is 0 Å². The lowest BCUT2D eigenvalue weighted by Gasteiger charge is -2.06. The largest absolute Gasteiger partial charge is 0.359 e. The maximum Gasteiger partial charge on any atom is 0.192 e. The van der Waals surface area contributed by atoms with E-state index < -0.39 is 0 Å². The van der Waals surface area contributed by atoms with E-state index in [2.05, 4.69) is 17.2 Å². The smallest absolute Gasteiger partial charge is 0.192 e. The number of carbonyl (C=O) groups excluding carboxylic acids is 1. The van der Waals surface area contributed by atoms with Crippen LogP contribution in [0.25, 0.3) is 0 Å². The van der Waals surface area contributed by atoms with Crippen molar-refractivity contribution in [3.05, 3.63) is 23.5 Å². The minimum Gasteiger partial charge on any atom is -0.359 e. The Balaban J connectivity index is 2.38. The van der Waals surface area contributed by atoms with Crippen LogP contribution >= 0.6 is 0 Å². The first-order chi connectivity index (χ1) is 5.77. The van der Waals surface area contributed by atoms with Gasteiger partial charge in [0.15, 0.2) is 5.78 Å². The van der Waals surface area contributed by atoms with Crippen LogP contribution in [0.2, 0.25) is 0 Å². The lowest BCUT2D eigenvalue weighted by Crippen LogP contribution is -2.29. The number of aromatic nitrogens is 1. The Morgan fingerprint density at radius 1 is 1.58 bits per heavy atom. The van der Waals surface area contributed by atoms with Gasteiger partial charge in [0.05, 0.1) is 12.2 Å². The third-order valence-electron chi connectivity index (χ3n) is 2.25. The standard InChI is InChI=1S/C9H12N2O/c1-6-4-7-2-3-10-9(7)8(12)5-11-6/h2-3,6,10-11H,4-5H2,1H3. The molecule has 3 heteroatoms. The van der Waals surface area contributed by atoms with Gasteiger partial charge in [-0.25, -0.2) is 0 Å². The van der Waals surface area contributed by atoms with Gasteiger partial charge < -0.3 is 10.3 Å². The molecule has 0 bridgehead atoms. The number of ketones is 1. The monoisotopic (exact) mass is 164 g/mol. The van der Waals surface area contributed by atoms with E-state index in [4.69, 9.17) is 0 Å². The van der Waals surface area contributed by atoms with Gasteiger partial charge in [0.2, 0.25) is 0 Å². The number of nitrogens with one attached hydrogen (secondary N) is 2.